The molecule has 0 saturated carbocycles. The van der Waals surface area contributed by atoms with Gasteiger partial charge in [-0.3, -0.25) is 4.79 Å². The lowest BCUT2D eigenvalue weighted by Gasteiger charge is -2.24. The van der Waals surface area contributed by atoms with E-state index in [1.54, 1.807) is 7.11 Å². The topological polar surface area (TPSA) is 83.9 Å². The Kier molecular flexibility index (Phi) is 8.99. The number of carbonyl (C=O) groups is 1. The smallest absolute Gasteiger partial charge is 0.304 e. The highest BCUT2D eigenvalue weighted by Gasteiger charge is 2.27. The maximum absolute atomic E-state index is 11.6. The molecule has 3 atom stereocenters. The SMILES string of the molecule is CO[C@H](C)COc1cccc([C@H](CC(=O)O)CN2CC[C@@H](CCc3ccc4c(n3)NCCC4)C2)c1. The van der Waals surface area contributed by atoms with Crippen LogP contribution in [0.4, 0.5) is 5.82 Å². The summed E-state index contributed by atoms with van der Waals surface area (Å²) >= 11 is 0. The molecule has 2 N–H and O–H groups in total. The van der Waals surface area contributed by atoms with Gasteiger partial charge in [-0.15, -0.1) is 0 Å². The van der Waals surface area contributed by atoms with Crippen molar-refractivity contribution >= 4 is 11.8 Å². The number of benzene rings is 1. The van der Waals surface area contributed by atoms with Gasteiger partial charge in [-0.1, -0.05) is 18.2 Å². The van der Waals surface area contributed by atoms with E-state index in [2.05, 4.69) is 22.3 Å². The van der Waals surface area contributed by atoms with E-state index in [-0.39, 0.29) is 18.4 Å². The summed E-state index contributed by atoms with van der Waals surface area (Å²) < 4.78 is 11.1. The van der Waals surface area contributed by atoms with Gasteiger partial charge < -0.3 is 24.8 Å². The number of hydrogen-bond acceptors (Lipinski definition) is 6. The molecular weight excluding hydrogens is 442 g/mol. The Bertz CT molecular complexity index is 982. The van der Waals surface area contributed by atoms with E-state index < -0.39 is 5.97 Å². The van der Waals surface area contributed by atoms with E-state index in [4.69, 9.17) is 14.5 Å². The van der Waals surface area contributed by atoms with Crippen molar-refractivity contribution in [1.29, 1.82) is 0 Å². The van der Waals surface area contributed by atoms with Crippen LogP contribution in [-0.4, -0.2) is 67.0 Å². The van der Waals surface area contributed by atoms with Crippen LogP contribution < -0.4 is 10.1 Å². The number of nitrogens with zero attached hydrogens (tertiary/aromatic N) is 2. The largest absolute Gasteiger partial charge is 0.491 e. The van der Waals surface area contributed by atoms with Crippen LogP contribution in [0.5, 0.6) is 5.75 Å². The van der Waals surface area contributed by atoms with E-state index in [1.165, 1.54) is 17.7 Å². The van der Waals surface area contributed by atoms with Crippen LogP contribution in [0.2, 0.25) is 0 Å². The standard InChI is InChI=1S/C28H39N3O4/c1-20(34-2)19-35-26-7-3-5-23(15-26)24(16-27(32)33)18-31-14-12-21(17-31)8-10-25-11-9-22-6-4-13-29-28(22)30-25/h3,5,7,9,11,15,20-21,24H,4,6,8,10,12-14,16-19H2,1-2H3,(H,29,30)(H,32,33)/t20-,21-,24-/m1/s1. The van der Waals surface area contributed by atoms with Gasteiger partial charge in [0.15, 0.2) is 0 Å². The van der Waals surface area contributed by atoms with Crippen LogP contribution in [0, 0.1) is 5.92 Å². The van der Waals surface area contributed by atoms with E-state index in [0.717, 1.165) is 69.0 Å². The quantitative estimate of drug-likeness (QED) is 0.466. The number of pyridine rings is 1. The van der Waals surface area contributed by atoms with Crippen molar-refractivity contribution in [2.45, 2.75) is 57.5 Å². The van der Waals surface area contributed by atoms with Gasteiger partial charge in [0.25, 0.3) is 0 Å². The Morgan fingerprint density at radius 2 is 2.20 bits per heavy atom. The fourth-order valence-electron chi connectivity index (χ4n) is 5.12. The van der Waals surface area contributed by atoms with Crippen molar-refractivity contribution in [2.75, 3.05) is 45.2 Å². The van der Waals surface area contributed by atoms with E-state index >= 15 is 0 Å². The van der Waals surface area contributed by atoms with Gasteiger partial charge in [-0.05, 0) is 80.8 Å². The molecule has 190 valence electrons. The number of aromatic nitrogens is 1. The van der Waals surface area contributed by atoms with Crippen LogP contribution in [0.1, 0.15) is 55.3 Å². The lowest BCUT2D eigenvalue weighted by molar-refractivity contribution is -0.137. The molecule has 0 amide bonds. The van der Waals surface area contributed by atoms with Gasteiger partial charge in [0.1, 0.15) is 18.2 Å². The number of nitrogens with one attached hydrogen (secondary N) is 1. The number of anilines is 1. The summed E-state index contributed by atoms with van der Waals surface area (Å²) in [5.74, 6) is 1.62. The molecule has 0 aliphatic carbocycles. The predicted octanol–water partition coefficient (Wildman–Crippen LogP) is 4.37. The number of aliphatic carboxylic acids is 1. The number of likely N-dealkylation sites (tertiary alicyclic amines) is 1. The summed E-state index contributed by atoms with van der Waals surface area (Å²) in [7, 11) is 1.66. The zero-order valence-electron chi connectivity index (χ0n) is 21.0. The molecule has 0 spiro atoms. The monoisotopic (exact) mass is 481 g/mol. The molecule has 7 heteroatoms. The van der Waals surface area contributed by atoms with Crippen molar-refractivity contribution in [2.24, 2.45) is 5.92 Å². The van der Waals surface area contributed by atoms with Crippen molar-refractivity contribution in [3.63, 3.8) is 0 Å². The second-order valence-corrected chi connectivity index (χ2v) is 10.0. The predicted molar refractivity (Wildman–Crippen MR) is 137 cm³/mol. The number of ether oxygens (including phenoxy) is 2. The van der Waals surface area contributed by atoms with E-state index in [0.29, 0.717) is 12.5 Å². The van der Waals surface area contributed by atoms with E-state index in [9.17, 15) is 9.90 Å². The summed E-state index contributed by atoms with van der Waals surface area (Å²) in [5.41, 5.74) is 3.52. The van der Waals surface area contributed by atoms with Crippen LogP contribution in [0.15, 0.2) is 36.4 Å². The number of aryl methyl sites for hydroxylation is 2. The molecular formula is C28H39N3O4. The lowest BCUT2D eigenvalue weighted by Crippen LogP contribution is -2.28. The minimum atomic E-state index is -0.767. The fraction of sp³-hybridized carbons (Fsp3) is 0.571. The third-order valence-electron chi connectivity index (χ3n) is 7.25. The zero-order chi connectivity index (χ0) is 24.6. The van der Waals surface area contributed by atoms with Crippen LogP contribution in [-0.2, 0) is 22.4 Å². The summed E-state index contributed by atoms with van der Waals surface area (Å²) in [6.45, 7) is 6.22. The molecule has 35 heavy (non-hydrogen) atoms. The first-order valence-corrected chi connectivity index (χ1v) is 12.9. The Hall–Kier alpha value is -2.64. The highest BCUT2D eigenvalue weighted by Crippen LogP contribution is 2.29. The molecule has 4 rings (SSSR count). The molecule has 1 fully saturated rings. The normalized spacial score (nSPS) is 19.5. The van der Waals surface area contributed by atoms with Gasteiger partial charge in [-0.25, -0.2) is 4.98 Å². The van der Waals surface area contributed by atoms with Crippen LogP contribution >= 0.6 is 0 Å². The number of methoxy groups -OCH3 is 1. The molecule has 1 aromatic heterocycles. The highest BCUT2D eigenvalue weighted by molar-refractivity contribution is 5.68. The molecule has 2 aromatic rings. The first kappa shape index (κ1) is 25.5. The van der Waals surface area contributed by atoms with Gasteiger partial charge in [0.05, 0.1) is 12.5 Å². The van der Waals surface area contributed by atoms with Crippen molar-refractivity contribution < 1.29 is 19.4 Å². The Balaban J connectivity index is 1.31. The fourth-order valence-corrected chi connectivity index (χ4v) is 5.12. The Morgan fingerprint density at radius 3 is 3.03 bits per heavy atom. The number of carboxylic acids is 1. The molecule has 1 saturated heterocycles. The lowest BCUT2D eigenvalue weighted by atomic mass is 9.94. The minimum Gasteiger partial charge on any atom is -0.491 e. The second-order valence-electron chi connectivity index (χ2n) is 10.0. The summed E-state index contributed by atoms with van der Waals surface area (Å²) in [4.78, 5) is 18.9. The summed E-state index contributed by atoms with van der Waals surface area (Å²) in [6, 6.07) is 12.3. The molecule has 7 nitrogen and oxygen atoms in total. The number of carboxylic acid groups (broad SMARTS) is 1. The third-order valence-corrected chi connectivity index (χ3v) is 7.25. The van der Waals surface area contributed by atoms with Gasteiger partial charge in [0, 0.05) is 38.4 Å². The van der Waals surface area contributed by atoms with Gasteiger partial charge in [0.2, 0.25) is 0 Å². The number of rotatable bonds is 12. The minimum absolute atomic E-state index is 0.00257. The average Bonchev–Trinajstić information content (AvgIpc) is 3.32. The number of hydrogen-bond donors (Lipinski definition) is 2. The zero-order valence-corrected chi connectivity index (χ0v) is 21.0. The molecule has 0 radical (unpaired) electrons. The molecule has 2 aliphatic heterocycles. The maximum Gasteiger partial charge on any atom is 0.304 e. The second kappa shape index (κ2) is 12.4. The Morgan fingerprint density at radius 1 is 1.31 bits per heavy atom. The molecule has 0 unspecified atom stereocenters. The molecule has 2 aliphatic rings. The van der Waals surface area contributed by atoms with Crippen LogP contribution in [0.3, 0.4) is 0 Å². The third kappa shape index (κ3) is 7.42. The molecule has 3 heterocycles. The van der Waals surface area contributed by atoms with Crippen molar-refractivity contribution in [1.82, 2.24) is 9.88 Å². The van der Waals surface area contributed by atoms with Crippen molar-refractivity contribution in [3.8, 4) is 5.75 Å². The first-order chi connectivity index (χ1) is 17.0. The van der Waals surface area contributed by atoms with Crippen LogP contribution in [0.25, 0.3) is 0 Å². The first-order valence-electron chi connectivity index (χ1n) is 12.9. The summed E-state index contributed by atoms with van der Waals surface area (Å²) in [5, 5.41) is 13.0. The van der Waals surface area contributed by atoms with Crippen molar-refractivity contribution in [3.05, 3.63) is 53.2 Å². The summed E-state index contributed by atoms with van der Waals surface area (Å²) in [6.07, 6.45) is 5.68. The van der Waals surface area contributed by atoms with Gasteiger partial charge in [-0.2, -0.15) is 0 Å². The maximum atomic E-state index is 11.6. The number of fused-ring (bicyclic) bond motifs is 1. The van der Waals surface area contributed by atoms with Gasteiger partial charge >= 0.3 is 5.97 Å². The highest BCUT2D eigenvalue weighted by atomic mass is 16.5. The molecule has 1 aromatic carbocycles. The molecule has 0 bridgehead atoms. The Labute approximate surface area is 208 Å². The van der Waals surface area contributed by atoms with E-state index in [1.807, 2.05) is 31.2 Å². The average molecular weight is 482 g/mol.